The summed E-state index contributed by atoms with van der Waals surface area (Å²) < 4.78 is 5.65. The van der Waals surface area contributed by atoms with Gasteiger partial charge in [0.25, 0.3) is 0 Å². The molecule has 2 rings (SSSR count). The first-order valence-corrected chi connectivity index (χ1v) is 6.85. The summed E-state index contributed by atoms with van der Waals surface area (Å²) in [6.45, 7) is 2.05. The van der Waals surface area contributed by atoms with Crippen molar-refractivity contribution in [1.29, 1.82) is 0 Å². The highest BCUT2D eigenvalue weighted by atomic mass is 35.5. The molecule has 0 bridgehead atoms. The van der Waals surface area contributed by atoms with E-state index in [0.29, 0.717) is 33.3 Å². The molecule has 0 saturated heterocycles. The summed E-state index contributed by atoms with van der Waals surface area (Å²) in [6.07, 6.45) is 1.67. The van der Waals surface area contributed by atoms with E-state index in [4.69, 9.17) is 33.8 Å². The number of hydrogen-bond donors (Lipinski definition) is 2. The SMILES string of the molecule is CCCc1nc(NN)cc(Oc2ccc(Cl)c(Cl)c2)n1. The van der Waals surface area contributed by atoms with Gasteiger partial charge in [-0.2, -0.15) is 4.98 Å². The fraction of sp³-hybridized carbons (Fsp3) is 0.231. The standard InChI is InChI=1S/C13H14Cl2N4O/c1-2-3-11-17-12(19-16)7-13(18-11)20-8-4-5-9(14)10(15)6-8/h4-7H,2-3,16H2,1H3,(H,17,18,19). The van der Waals surface area contributed by atoms with Gasteiger partial charge in [-0.05, 0) is 18.6 Å². The summed E-state index contributed by atoms with van der Waals surface area (Å²) in [5.41, 5.74) is 2.49. The number of ether oxygens (including phenoxy) is 1. The summed E-state index contributed by atoms with van der Waals surface area (Å²) >= 11 is 11.8. The molecule has 0 radical (unpaired) electrons. The molecular weight excluding hydrogens is 299 g/mol. The van der Waals surface area contributed by atoms with Gasteiger partial charge in [0.2, 0.25) is 5.88 Å². The third kappa shape index (κ3) is 3.72. The highest BCUT2D eigenvalue weighted by Gasteiger charge is 2.07. The average Bonchev–Trinajstić information content (AvgIpc) is 2.43. The predicted octanol–water partition coefficient (Wildman–Crippen LogP) is 3.81. The van der Waals surface area contributed by atoms with Crippen LogP contribution in [0.15, 0.2) is 24.3 Å². The van der Waals surface area contributed by atoms with E-state index in [9.17, 15) is 0 Å². The molecule has 106 valence electrons. The molecule has 0 aliphatic rings. The smallest absolute Gasteiger partial charge is 0.224 e. The van der Waals surface area contributed by atoms with Crippen LogP contribution in [-0.4, -0.2) is 9.97 Å². The first-order chi connectivity index (χ1) is 9.62. The largest absolute Gasteiger partial charge is 0.439 e. The topological polar surface area (TPSA) is 73.1 Å². The number of halogens is 2. The van der Waals surface area contributed by atoms with Crippen molar-refractivity contribution in [1.82, 2.24) is 9.97 Å². The van der Waals surface area contributed by atoms with Crippen LogP contribution in [0, 0.1) is 0 Å². The Morgan fingerprint density at radius 1 is 1.20 bits per heavy atom. The lowest BCUT2D eigenvalue weighted by molar-refractivity contribution is 0.458. The highest BCUT2D eigenvalue weighted by Crippen LogP contribution is 2.29. The molecule has 0 aliphatic heterocycles. The molecule has 7 heteroatoms. The van der Waals surface area contributed by atoms with Crippen molar-refractivity contribution in [2.75, 3.05) is 5.43 Å². The summed E-state index contributed by atoms with van der Waals surface area (Å²) in [5, 5.41) is 0.891. The second kappa shape index (κ2) is 6.74. The van der Waals surface area contributed by atoms with Gasteiger partial charge in [0, 0.05) is 18.6 Å². The van der Waals surface area contributed by atoms with Crippen molar-refractivity contribution in [3.63, 3.8) is 0 Å². The van der Waals surface area contributed by atoms with Crippen LogP contribution in [0.1, 0.15) is 19.2 Å². The van der Waals surface area contributed by atoms with E-state index in [0.717, 1.165) is 12.8 Å². The second-order valence-electron chi connectivity index (χ2n) is 4.08. The fourth-order valence-corrected chi connectivity index (χ4v) is 1.88. The normalized spacial score (nSPS) is 10.4. The fourth-order valence-electron chi connectivity index (χ4n) is 1.60. The van der Waals surface area contributed by atoms with Crippen molar-refractivity contribution >= 4 is 29.0 Å². The Balaban J connectivity index is 2.27. The maximum absolute atomic E-state index is 5.94. The van der Waals surface area contributed by atoms with E-state index in [1.165, 1.54) is 0 Å². The Morgan fingerprint density at radius 3 is 2.65 bits per heavy atom. The summed E-state index contributed by atoms with van der Waals surface area (Å²) in [6, 6.07) is 6.61. The molecule has 0 fully saturated rings. The Kier molecular flexibility index (Phi) is 5.00. The van der Waals surface area contributed by atoms with Gasteiger partial charge in [0.15, 0.2) is 0 Å². The van der Waals surface area contributed by atoms with Crippen LogP contribution in [0.2, 0.25) is 10.0 Å². The van der Waals surface area contributed by atoms with E-state index >= 15 is 0 Å². The molecular formula is C13H14Cl2N4O. The molecule has 0 atom stereocenters. The number of nitrogens with zero attached hydrogens (tertiary/aromatic N) is 2. The summed E-state index contributed by atoms with van der Waals surface area (Å²) in [7, 11) is 0. The number of anilines is 1. The predicted molar refractivity (Wildman–Crippen MR) is 80.4 cm³/mol. The monoisotopic (exact) mass is 312 g/mol. The van der Waals surface area contributed by atoms with Gasteiger partial charge < -0.3 is 10.2 Å². The number of nitrogens with one attached hydrogen (secondary N) is 1. The molecule has 20 heavy (non-hydrogen) atoms. The van der Waals surface area contributed by atoms with Gasteiger partial charge in [-0.3, -0.25) is 0 Å². The van der Waals surface area contributed by atoms with E-state index in [-0.39, 0.29) is 0 Å². The van der Waals surface area contributed by atoms with Crippen LogP contribution in [0.3, 0.4) is 0 Å². The highest BCUT2D eigenvalue weighted by molar-refractivity contribution is 6.42. The van der Waals surface area contributed by atoms with Crippen LogP contribution in [0.5, 0.6) is 11.6 Å². The Bertz CT molecular complexity index is 607. The first kappa shape index (κ1) is 14.8. The molecule has 1 heterocycles. The van der Waals surface area contributed by atoms with Gasteiger partial charge >= 0.3 is 0 Å². The summed E-state index contributed by atoms with van der Waals surface area (Å²) in [4.78, 5) is 8.55. The van der Waals surface area contributed by atoms with Gasteiger partial charge in [-0.1, -0.05) is 30.1 Å². The van der Waals surface area contributed by atoms with E-state index in [2.05, 4.69) is 15.4 Å². The lowest BCUT2D eigenvalue weighted by atomic mass is 10.3. The average molecular weight is 313 g/mol. The number of aryl methyl sites for hydroxylation is 1. The molecule has 2 aromatic rings. The van der Waals surface area contributed by atoms with E-state index in [1.807, 2.05) is 6.92 Å². The molecule has 0 amide bonds. The van der Waals surface area contributed by atoms with Crippen LogP contribution in [0.25, 0.3) is 0 Å². The number of benzene rings is 1. The van der Waals surface area contributed by atoms with Crippen LogP contribution < -0.4 is 16.0 Å². The van der Waals surface area contributed by atoms with E-state index in [1.54, 1.807) is 24.3 Å². The van der Waals surface area contributed by atoms with Crippen molar-refractivity contribution in [2.24, 2.45) is 5.84 Å². The molecule has 0 aliphatic carbocycles. The zero-order valence-corrected chi connectivity index (χ0v) is 12.4. The third-order valence-corrected chi connectivity index (χ3v) is 3.22. The minimum Gasteiger partial charge on any atom is -0.439 e. The second-order valence-corrected chi connectivity index (χ2v) is 4.89. The van der Waals surface area contributed by atoms with Gasteiger partial charge in [-0.15, -0.1) is 0 Å². The van der Waals surface area contributed by atoms with E-state index < -0.39 is 0 Å². The summed E-state index contributed by atoms with van der Waals surface area (Å²) in [5.74, 6) is 7.49. The minimum atomic E-state index is 0.398. The van der Waals surface area contributed by atoms with Crippen molar-refractivity contribution in [2.45, 2.75) is 19.8 Å². The number of rotatable bonds is 5. The quantitative estimate of drug-likeness (QED) is 0.648. The number of hydrogen-bond acceptors (Lipinski definition) is 5. The van der Waals surface area contributed by atoms with Crippen LogP contribution in [-0.2, 0) is 6.42 Å². The number of nitrogen functional groups attached to an aromatic ring is 1. The number of aromatic nitrogens is 2. The molecule has 3 N–H and O–H groups in total. The molecule has 0 unspecified atom stereocenters. The number of hydrazine groups is 1. The van der Waals surface area contributed by atoms with Gasteiger partial charge in [0.05, 0.1) is 10.0 Å². The molecule has 5 nitrogen and oxygen atoms in total. The van der Waals surface area contributed by atoms with Crippen LogP contribution >= 0.6 is 23.2 Å². The maximum Gasteiger partial charge on any atom is 0.224 e. The first-order valence-electron chi connectivity index (χ1n) is 6.10. The third-order valence-electron chi connectivity index (χ3n) is 2.48. The number of nitrogens with two attached hydrogens (primary N) is 1. The molecule has 1 aromatic carbocycles. The molecule has 1 aromatic heterocycles. The van der Waals surface area contributed by atoms with Crippen molar-refractivity contribution in [3.8, 4) is 11.6 Å². The minimum absolute atomic E-state index is 0.398. The molecule has 0 spiro atoms. The van der Waals surface area contributed by atoms with Crippen molar-refractivity contribution < 1.29 is 4.74 Å². The zero-order chi connectivity index (χ0) is 14.5. The molecule has 0 saturated carbocycles. The van der Waals surface area contributed by atoms with Gasteiger partial charge in [0.1, 0.15) is 17.4 Å². The van der Waals surface area contributed by atoms with Crippen molar-refractivity contribution in [3.05, 3.63) is 40.1 Å². The Morgan fingerprint density at radius 2 is 2.00 bits per heavy atom. The van der Waals surface area contributed by atoms with Gasteiger partial charge in [-0.25, -0.2) is 10.8 Å². The Hall–Kier alpha value is -1.56. The zero-order valence-electron chi connectivity index (χ0n) is 10.9. The Labute approximate surface area is 127 Å². The van der Waals surface area contributed by atoms with Crippen LogP contribution in [0.4, 0.5) is 5.82 Å². The maximum atomic E-state index is 5.94. The lowest BCUT2D eigenvalue weighted by Gasteiger charge is -2.09. The lowest BCUT2D eigenvalue weighted by Crippen LogP contribution is -2.10.